The van der Waals surface area contributed by atoms with Crippen LogP contribution in [0, 0.1) is 6.92 Å². The molecule has 1 amide bonds. The maximum absolute atomic E-state index is 12.9. The molecule has 0 saturated heterocycles. The number of aromatic nitrogens is 4. The number of benzene rings is 1. The average molecular weight is 361 g/mol. The van der Waals surface area contributed by atoms with Crippen LogP contribution in [0.2, 0.25) is 0 Å². The van der Waals surface area contributed by atoms with Gasteiger partial charge in [-0.15, -0.1) is 0 Å². The number of aromatic amines is 1. The first-order valence-corrected chi connectivity index (χ1v) is 9.35. The van der Waals surface area contributed by atoms with E-state index in [0.29, 0.717) is 18.7 Å². The van der Waals surface area contributed by atoms with Crippen molar-refractivity contribution in [1.82, 2.24) is 24.7 Å². The second-order valence-corrected chi connectivity index (χ2v) is 6.75. The number of nitrogens with one attached hydrogen (secondary N) is 2. The molecule has 2 N–H and O–H groups in total. The fourth-order valence-electron chi connectivity index (χ4n) is 3.40. The number of rotatable bonds is 6. The van der Waals surface area contributed by atoms with Crippen molar-refractivity contribution in [2.24, 2.45) is 0 Å². The minimum Gasteiger partial charge on any atom is -0.350 e. The largest absolute Gasteiger partial charge is 0.350 e. The van der Waals surface area contributed by atoms with E-state index >= 15 is 0 Å². The van der Waals surface area contributed by atoms with Crippen molar-refractivity contribution in [3.05, 3.63) is 65.4 Å². The van der Waals surface area contributed by atoms with Crippen LogP contribution in [0.1, 0.15) is 40.9 Å². The lowest BCUT2D eigenvalue weighted by atomic mass is 10.2. The highest BCUT2D eigenvalue weighted by Crippen LogP contribution is 2.17. The van der Waals surface area contributed by atoms with Gasteiger partial charge in [0.25, 0.3) is 5.91 Å². The molecule has 27 heavy (non-hydrogen) atoms. The molecule has 0 radical (unpaired) electrons. The molecule has 0 aliphatic carbocycles. The molecule has 3 heterocycles. The number of nitrogens with zero attached hydrogens (tertiary/aromatic N) is 3. The molecule has 0 spiro atoms. The fourth-order valence-corrected chi connectivity index (χ4v) is 3.40. The Labute approximate surface area is 157 Å². The van der Waals surface area contributed by atoms with Gasteiger partial charge in [0.05, 0.1) is 16.7 Å². The first-order chi connectivity index (χ1) is 13.2. The highest BCUT2D eigenvalue weighted by molar-refractivity contribution is 5.94. The van der Waals surface area contributed by atoms with Gasteiger partial charge >= 0.3 is 0 Å². The number of pyridine rings is 1. The SMILES string of the molecule is CCCc1nc2c(C)cccn2c1C(=O)NCCc1nc2ccccc2[nH]1. The van der Waals surface area contributed by atoms with Crippen molar-refractivity contribution in [2.75, 3.05) is 6.54 Å². The Hall–Kier alpha value is -3.15. The van der Waals surface area contributed by atoms with Gasteiger partial charge in [-0.05, 0) is 37.1 Å². The number of imidazole rings is 2. The lowest BCUT2D eigenvalue weighted by Crippen LogP contribution is -2.28. The van der Waals surface area contributed by atoms with Crippen LogP contribution >= 0.6 is 0 Å². The maximum Gasteiger partial charge on any atom is 0.270 e. The molecule has 138 valence electrons. The summed E-state index contributed by atoms with van der Waals surface area (Å²) in [5.41, 5.74) is 5.37. The van der Waals surface area contributed by atoms with Crippen LogP contribution in [0.5, 0.6) is 0 Å². The number of aryl methyl sites for hydroxylation is 2. The van der Waals surface area contributed by atoms with Gasteiger partial charge in [-0.2, -0.15) is 0 Å². The van der Waals surface area contributed by atoms with Crippen LogP contribution in [0.3, 0.4) is 0 Å². The zero-order chi connectivity index (χ0) is 18.8. The quantitative estimate of drug-likeness (QED) is 0.552. The van der Waals surface area contributed by atoms with Crippen molar-refractivity contribution in [3.8, 4) is 0 Å². The van der Waals surface area contributed by atoms with Crippen molar-refractivity contribution in [2.45, 2.75) is 33.1 Å². The second kappa shape index (κ2) is 7.23. The summed E-state index contributed by atoms with van der Waals surface area (Å²) in [6.45, 7) is 4.63. The molecule has 6 nitrogen and oxygen atoms in total. The number of hydrogen-bond donors (Lipinski definition) is 2. The Kier molecular flexibility index (Phi) is 4.62. The summed E-state index contributed by atoms with van der Waals surface area (Å²) in [6, 6.07) is 11.9. The van der Waals surface area contributed by atoms with Gasteiger partial charge in [0.1, 0.15) is 17.2 Å². The van der Waals surface area contributed by atoms with Crippen molar-refractivity contribution in [3.63, 3.8) is 0 Å². The van der Waals surface area contributed by atoms with Gasteiger partial charge in [0.2, 0.25) is 0 Å². The molecule has 0 unspecified atom stereocenters. The third-order valence-electron chi connectivity index (χ3n) is 4.71. The number of carbonyl (C=O) groups is 1. The minimum absolute atomic E-state index is 0.0901. The molecular weight excluding hydrogens is 338 g/mol. The number of hydrogen-bond acceptors (Lipinski definition) is 3. The van der Waals surface area contributed by atoms with Gasteiger partial charge in [-0.25, -0.2) is 9.97 Å². The van der Waals surface area contributed by atoms with Crippen LogP contribution in [0.15, 0.2) is 42.6 Å². The number of amides is 1. The third-order valence-corrected chi connectivity index (χ3v) is 4.71. The normalized spacial score (nSPS) is 11.3. The van der Waals surface area contributed by atoms with Crippen LogP contribution < -0.4 is 5.32 Å². The second-order valence-electron chi connectivity index (χ2n) is 6.75. The summed E-state index contributed by atoms with van der Waals surface area (Å²) >= 11 is 0. The number of fused-ring (bicyclic) bond motifs is 2. The lowest BCUT2D eigenvalue weighted by molar-refractivity contribution is 0.0947. The van der Waals surface area contributed by atoms with Crippen LogP contribution in [0.4, 0.5) is 0 Å². The molecule has 0 atom stereocenters. The number of carbonyl (C=O) groups excluding carboxylic acids is 1. The van der Waals surface area contributed by atoms with Crippen LogP contribution in [-0.2, 0) is 12.8 Å². The zero-order valence-corrected chi connectivity index (χ0v) is 15.6. The predicted molar refractivity (Wildman–Crippen MR) is 106 cm³/mol. The van der Waals surface area contributed by atoms with Crippen LogP contribution in [0.25, 0.3) is 16.7 Å². The summed E-state index contributed by atoms with van der Waals surface area (Å²) in [5.74, 6) is 0.784. The summed E-state index contributed by atoms with van der Waals surface area (Å²) in [4.78, 5) is 25.4. The fraction of sp³-hybridized carbons (Fsp3) is 0.286. The van der Waals surface area contributed by atoms with Gasteiger partial charge in [0.15, 0.2) is 0 Å². The van der Waals surface area contributed by atoms with E-state index in [2.05, 4.69) is 22.2 Å². The Morgan fingerprint density at radius 3 is 2.81 bits per heavy atom. The topological polar surface area (TPSA) is 75.1 Å². The average Bonchev–Trinajstić information content (AvgIpc) is 3.23. The predicted octanol–water partition coefficient (Wildman–Crippen LogP) is 3.44. The summed E-state index contributed by atoms with van der Waals surface area (Å²) in [6.07, 6.45) is 4.29. The third kappa shape index (κ3) is 3.30. The molecule has 0 fully saturated rings. The molecule has 0 bridgehead atoms. The molecular formula is C21H23N5O. The Morgan fingerprint density at radius 2 is 2.00 bits per heavy atom. The standard InChI is InChI=1S/C21H23N5O/c1-3-7-17-19(26-13-6-8-14(2)20(26)25-17)21(27)22-12-11-18-23-15-9-4-5-10-16(15)24-18/h4-6,8-10,13H,3,7,11-12H2,1-2H3,(H,22,27)(H,23,24). The van der Waals surface area contributed by atoms with E-state index in [-0.39, 0.29) is 5.91 Å². The number of H-pyrrole nitrogens is 1. The maximum atomic E-state index is 12.9. The first kappa shape index (κ1) is 17.3. The monoisotopic (exact) mass is 361 g/mol. The van der Waals surface area contributed by atoms with E-state index in [1.165, 1.54) is 0 Å². The lowest BCUT2D eigenvalue weighted by Gasteiger charge is -2.06. The van der Waals surface area contributed by atoms with Gasteiger partial charge in [-0.3, -0.25) is 9.20 Å². The van der Waals surface area contributed by atoms with Crippen LogP contribution in [-0.4, -0.2) is 31.8 Å². The van der Waals surface area contributed by atoms with Gasteiger partial charge < -0.3 is 10.3 Å². The molecule has 4 rings (SSSR count). The molecule has 0 aliphatic rings. The molecule has 4 aromatic rings. The summed E-state index contributed by atoms with van der Waals surface area (Å²) in [7, 11) is 0. The molecule has 0 saturated carbocycles. The molecule has 0 aliphatic heterocycles. The van der Waals surface area contributed by atoms with Crippen molar-refractivity contribution in [1.29, 1.82) is 0 Å². The minimum atomic E-state index is -0.0901. The first-order valence-electron chi connectivity index (χ1n) is 9.35. The van der Waals surface area contributed by atoms with E-state index in [1.54, 1.807) is 0 Å². The summed E-state index contributed by atoms with van der Waals surface area (Å²) in [5, 5.41) is 3.03. The Balaban J connectivity index is 1.52. The van der Waals surface area contributed by atoms with Gasteiger partial charge in [-0.1, -0.05) is 31.5 Å². The van der Waals surface area contributed by atoms with E-state index in [0.717, 1.165) is 46.6 Å². The van der Waals surface area contributed by atoms with E-state index in [1.807, 2.05) is 53.9 Å². The Morgan fingerprint density at radius 1 is 1.15 bits per heavy atom. The summed E-state index contributed by atoms with van der Waals surface area (Å²) < 4.78 is 1.90. The van der Waals surface area contributed by atoms with Crippen molar-refractivity contribution < 1.29 is 4.79 Å². The van der Waals surface area contributed by atoms with Crippen molar-refractivity contribution >= 4 is 22.6 Å². The van der Waals surface area contributed by atoms with Gasteiger partial charge in [0, 0.05) is 19.2 Å². The highest BCUT2D eigenvalue weighted by atomic mass is 16.1. The van der Waals surface area contributed by atoms with E-state index in [4.69, 9.17) is 4.98 Å². The smallest absolute Gasteiger partial charge is 0.270 e. The van der Waals surface area contributed by atoms with E-state index < -0.39 is 0 Å². The molecule has 3 aromatic heterocycles. The molecule has 6 heteroatoms. The molecule has 1 aromatic carbocycles. The van der Waals surface area contributed by atoms with E-state index in [9.17, 15) is 4.79 Å². The highest BCUT2D eigenvalue weighted by Gasteiger charge is 2.19. The Bertz CT molecular complexity index is 1080. The zero-order valence-electron chi connectivity index (χ0n) is 15.6. The number of para-hydroxylation sites is 2.